The molecule has 0 aromatic heterocycles. The van der Waals surface area contributed by atoms with Crippen LogP contribution in [0, 0.1) is 0 Å². The molecule has 0 unspecified atom stereocenters. The molecule has 1 aromatic rings. The lowest BCUT2D eigenvalue weighted by atomic mass is 10.3. The minimum Gasteiger partial charge on any atom is -0.383 e. The van der Waals surface area contributed by atoms with Gasteiger partial charge in [0.25, 0.3) is 0 Å². The maximum atomic E-state index is 5.88. The van der Waals surface area contributed by atoms with Gasteiger partial charge in [0.1, 0.15) is 0 Å². The molecule has 0 aliphatic carbocycles. The number of rotatable bonds is 11. The third-order valence-corrected chi connectivity index (χ3v) is 2.64. The van der Waals surface area contributed by atoms with E-state index in [4.69, 9.17) is 25.8 Å². The number of hydrogen-bond acceptors (Lipinski definition) is 4. The Balaban J connectivity index is 1.89. The molecule has 0 aliphatic heterocycles. The molecule has 0 fully saturated rings. The summed E-state index contributed by atoms with van der Waals surface area (Å²) in [6.07, 6.45) is 0.904. The standard InChI is InChI=1S/C14H22ClNO3/c1-17-10-11-19-8-3-7-18-9-6-16-14-5-2-4-13(15)12-14/h2,4-5,12,16H,3,6-11H2,1H3. The Labute approximate surface area is 120 Å². The number of hydrogen-bond donors (Lipinski definition) is 1. The molecule has 0 spiro atoms. The second-order valence-corrected chi connectivity index (χ2v) is 4.44. The van der Waals surface area contributed by atoms with E-state index < -0.39 is 0 Å². The van der Waals surface area contributed by atoms with Gasteiger partial charge in [-0.2, -0.15) is 0 Å². The lowest BCUT2D eigenvalue weighted by Gasteiger charge is -2.08. The molecular formula is C14H22ClNO3. The van der Waals surface area contributed by atoms with Gasteiger partial charge in [-0.05, 0) is 24.6 Å². The fourth-order valence-electron chi connectivity index (χ4n) is 1.48. The molecule has 0 bridgehead atoms. The molecule has 0 saturated carbocycles. The quantitative estimate of drug-likeness (QED) is 0.635. The Bertz CT molecular complexity index is 336. The summed E-state index contributed by atoms with van der Waals surface area (Å²) >= 11 is 5.88. The van der Waals surface area contributed by atoms with E-state index >= 15 is 0 Å². The molecule has 19 heavy (non-hydrogen) atoms. The monoisotopic (exact) mass is 287 g/mol. The first-order valence-electron chi connectivity index (χ1n) is 6.47. The van der Waals surface area contributed by atoms with E-state index in [-0.39, 0.29) is 0 Å². The summed E-state index contributed by atoms with van der Waals surface area (Å²) in [4.78, 5) is 0. The van der Waals surface area contributed by atoms with Crippen molar-refractivity contribution in [2.24, 2.45) is 0 Å². The third kappa shape index (κ3) is 8.83. The fourth-order valence-corrected chi connectivity index (χ4v) is 1.67. The van der Waals surface area contributed by atoms with Crippen LogP contribution in [0.2, 0.25) is 5.02 Å². The van der Waals surface area contributed by atoms with Crippen molar-refractivity contribution >= 4 is 17.3 Å². The van der Waals surface area contributed by atoms with E-state index in [1.54, 1.807) is 7.11 Å². The van der Waals surface area contributed by atoms with Gasteiger partial charge in [-0.1, -0.05) is 17.7 Å². The van der Waals surface area contributed by atoms with E-state index in [1.807, 2.05) is 24.3 Å². The van der Waals surface area contributed by atoms with Gasteiger partial charge in [0, 0.05) is 37.6 Å². The second-order valence-electron chi connectivity index (χ2n) is 4.01. The first-order valence-corrected chi connectivity index (χ1v) is 6.84. The zero-order valence-electron chi connectivity index (χ0n) is 11.4. The van der Waals surface area contributed by atoms with Crippen LogP contribution in [0.3, 0.4) is 0 Å². The van der Waals surface area contributed by atoms with Crippen LogP contribution in [-0.2, 0) is 14.2 Å². The van der Waals surface area contributed by atoms with Crippen molar-refractivity contribution in [1.82, 2.24) is 0 Å². The highest BCUT2D eigenvalue weighted by molar-refractivity contribution is 6.30. The van der Waals surface area contributed by atoms with Gasteiger partial charge in [-0.25, -0.2) is 0 Å². The summed E-state index contributed by atoms with van der Waals surface area (Å²) in [5, 5.41) is 3.98. The van der Waals surface area contributed by atoms with Crippen LogP contribution in [0.1, 0.15) is 6.42 Å². The fraction of sp³-hybridized carbons (Fsp3) is 0.571. The normalized spacial score (nSPS) is 10.6. The maximum Gasteiger partial charge on any atom is 0.0700 e. The van der Waals surface area contributed by atoms with E-state index in [1.165, 1.54) is 0 Å². The van der Waals surface area contributed by atoms with Crippen molar-refractivity contribution in [1.29, 1.82) is 0 Å². The molecule has 0 amide bonds. The van der Waals surface area contributed by atoms with Crippen LogP contribution in [0.5, 0.6) is 0 Å². The molecular weight excluding hydrogens is 266 g/mol. The van der Waals surface area contributed by atoms with Gasteiger partial charge in [0.2, 0.25) is 0 Å². The van der Waals surface area contributed by atoms with E-state index in [9.17, 15) is 0 Å². The number of benzene rings is 1. The van der Waals surface area contributed by atoms with Gasteiger partial charge in [0.15, 0.2) is 0 Å². The molecule has 108 valence electrons. The second kappa shape index (κ2) is 11.1. The summed E-state index contributed by atoms with van der Waals surface area (Å²) in [5.41, 5.74) is 1.01. The van der Waals surface area contributed by atoms with Gasteiger partial charge in [-0.15, -0.1) is 0 Å². The summed E-state index contributed by atoms with van der Waals surface area (Å²) in [6.45, 7) is 4.15. The largest absolute Gasteiger partial charge is 0.383 e. The summed E-state index contributed by atoms with van der Waals surface area (Å²) in [7, 11) is 1.67. The van der Waals surface area contributed by atoms with E-state index in [0.717, 1.165) is 23.7 Å². The lowest BCUT2D eigenvalue weighted by molar-refractivity contribution is 0.0529. The third-order valence-electron chi connectivity index (χ3n) is 2.41. The van der Waals surface area contributed by atoms with Crippen molar-refractivity contribution in [2.75, 3.05) is 52.0 Å². The van der Waals surface area contributed by atoms with Crippen molar-refractivity contribution in [3.63, 3.8) is 0 Å². The Morgan fingerprint density at radius 2 is 1.84 bits per heavy atom. The number of halogens is 1. The van der Waals surface area contributed by atoms with Gasteiger partial charge in [0.05, 0.1) is 19.8 Å². The topological polar surface area (TPSA) is 39.7 Å². The number of anilines is 1. The Hall–Kier alpha value is -0.810. The summed E-state index contributed by atoms with van der Waals surface area (Å²) in [5.74, 6) is 0. The molecule has 0 aliphatic rings. The highest BCUT2D eigenvalue weighted by atomic mass is 35.5. The van der Waals surface area contributed by atoms with E-state index in [0.29, 0.717) is 33.0 Å². The minimum absolute atomic E-state index is 0.643. The van der Waals surface area contributed by atoms with E-state index in [2.05, 4.69) is 5.32 Å². The zero-order chi connectivity index (χ0) is 13.8. The van der Waals surface area contributed by atoms with Crippen molar-refractivity contribution in [3.8, 4) is 0 Å². The van der Waals surface area contributed by atoms with Crippen molar-refractivity contribution in [2.45, 2.75) is 6.42 Å². The van der Waals surface area contributed by atoms with Crippen LogP contribution in [0.25, 0.3) is 0 Å². The average molecular weight is 288 g/mol. The predicted molar refractivity (Wildman–Crippen MR) is 78.1 cm³/mol. The van der Waals surface area contributed by atoms with Crippen LogP contribution >= 0.6 is 11.6 Å². The summed E-state index contributed by atoms with van der Waals surface area (Å²) in [6, 6.07) is 7.65. The molecule has 0 heterocycles. The highest BCUT2D eigenvalue weighted by Crippen LogP contribution is 2.14. The Kier molecular flexibility index (Phi) is 9.45. The summed E-state index contributed by atoms with van der Waals surface area (Å²) < 4.78 is 15.7. The smallest absolute Gasteiger partial charge is 0.0700 e. The van der Waals surface area contributed by atoms with Crippen LogP contribution in [-0.4, -0.2) is 46.7 Å². The molecule has 0 radical (unpaired) electrons. The van der Waals surface area contributed by atoms with Crippen molar-refractivity contribution < 1.29 is 14.2 Å². The van der Waals surface area contributed by atoms with Crippen LogP contribution in [0.4, 0.5) is 5.69 Å². The molecule has 1 N–H and O–H groups in total. The Morgan fingerprint density at radius 3 is 2.58 bits per heavy atom. The van der Waals surface area contributed by atoms with Crippen molar-refractivity contribution in [3.05, 3.63) is 29.3 Å². The lowest BCUT2D eigenvalue weighted by Crippen LogP contribution is -2.11. The molecule has 1 rings (SSSR count). The molecule has 0 atom stereocenters. The molecule has 4 nitrogen and oxygen atoms in total. The van der Waals surface area contributed by atoms with Gasteiger partial charge in [-0.3, -0.25) is 0 Å². The first-order chi connectivity index (χ1) is 9.33. The first kappa shape index (κ1) is 16.2. The number of methoxy groups -OCH3 is 1. The number of ether oxygens (including phenoxy) is 3. The predicted octanol–water partition coefficient (Wildman–Crippen LogP) is 2.82. The number of nitrogens with one attached hydrogen (secondary N) is 1. The van der Waals surface area contributed by atoms with Crippen LogP contribution in [0.15, 0.2) is 24.3 Å². The molecule has 0 saturated heterocycles. The minimum atomic E-state index is 0.643. The molecule has 1 aromatic carbocycles. The van der Waals surface area contributed by atoms with Crippen LogP contribution < -0.4 is 5.32 Å². The maximum absolute atomic E-state index is 5.88. The SMILES string of the molecule is COCCOCCCOCCNc1cccc(Cl)c1. The average Bonchev–Trinajstić information content (AvgIpc) is 2.41. The van der Waals surface area contributed by atoms with Gasteiger partial charge >= 0.3 is 0 Å². The Morgan fingerprint density at radius 1 is 1.05 bits per heavy atom. The van der Waals surface area contributed by atoms with Gasteiger partial charge < -0.3 is 19.5 Å². The highest BCUT2D eigenvalue weighted by Gasteiger charge is 1.94. The molecule has 5 heteroatoms. The zero-order valence-corrected chi connectivity index (χ0v) is 12.1.